The highest BCUT2D eigenvalue weighted by atomic mass is 16.1. The van der Waals surface area contributed by atoms with Gasteiger partial charge in [0.25, 0.3) is 0 Å². The predicted octanol–water partition coefficient (Wildman–Crippen LogP) is 2.46. The zero-order chi connectivity index (χ0) is 21.5. The first-order valence-electron chi connectivity index (χ1n) is 12.5. The van der Waals surface area contributed by atoms with E-state index in [1.54, 1.807) is 0 Å². The summed E-state index contributed by atoms with van der Waals surface area (Å²) in [5, 5.41) is 3.19. The number of aromatic nitrogens is 2. The minimum absolute atomic E-state index is 0.125. The number of nitrogens with one attached hydrogen (secondary N) is 1. The second kappa shape index (κ2) is 11.2. The molecule has 1 saturated carbocycles. The standard InChI is InChI=1S/C24H40N6O/c1-20-8-12-26-24(27-20)30-14-9-21(10-15-30)23(31)25-11-5-13-28-16-18-29(19-17-28)22-6-3-2-4-7-22/h8,12,21-22H,2-7,9-11,13-19H2,1H3,(H,25,31). The van der Waals surface area contributed by atoms with Gasteiger partial charge in [-0.2, -0.15) is 0 Å². The van der Waals surface area contributed by atoms with Crippen LogP contribution in [0.3, 0.4) is 0 Å². The van der Waals surface area contributed by atoms with Crippen molar-refractivity contribution < 1.29 is 4.79 Å². The molecule has 0 unspecified atom stereocenters. The number of piperazine rings is 1. The summed E-state index contributed by atoms with van der Waals surface area (Å²) < 4.78 is 0. The van der Waals surface area contributed by atoms with Crippen LogP contribution in [0, 0.1) is 12.8 Å². The Labute approximate surface area is 187 Å². The van der Waals surface area contributed by atoms with Crippen molar-refractivity contribution in [3.8, 4) is 0 Å². The van der Waals surface area contributed by atoms with Crippen LogP contribution >= 0.6 is 0 Å². The topological polar surface area (TPSA) is 64.6 Å². The van der Waals surface area contributed by atoms with Gasteiger partial charge in [-0.25, -0.2) is 9.97 Å². The molecule has 0 radical (unpaired) electrons. The maximum atomic E-state index is 12.6. The third kappa shape index (κ3) is 6.39. The van der Waals surface area contributed by atoms with Gasteiger partial charge in [0.2, 0.25) is 11.9 Å². The molecule has 1 aliphatic carbocycles. The van der Waals surface area contributed by atoms with Gasteiger partial charge >= 0.3 is 0 Å². The lowest BCUT2D eigenvalue weighted by atomic mass is 9.94. The molecular formula is C24H40N6O. The highest BCUT2D eigenvalue weighted by Gasteiger charge is 2.27. The highest BCUT2D eigenvalue weighted by molar-refractivity contribution is 5.78. The Morgan fingerprint density at radius 2 is 1.77 bits per heavy atom. The van der Waals surface area contributed by atoms with Gasteiger partial charge in [0.1, 0.15) is 0 Å². The van der Waals surface area contributed by atoms with Crippen LogP contribution in [-0.4, -0.2) is 84.1 Å². The predicted molar refractivity (Wildman–Crippen MR) is 124 cm³/mol. The van der Waals surface area contributed by atoms with Crippen molar-refractivity contribution in [2.24, 2.45) is 5.92 Å². The van der Waals surface area contributed by atoms with E-state index in [9.17, 15) is 4.79 Å². The third-order valence-corrected chi connectivity index (χ3v) is 7.38. The van der Waals surface area contributed by atoms with Crippen LogP contribution in [0.1, 0.15) is 57.1 Å². The molecule has 0 aromatic carbocycles. The Morgan fingerprint density at radius 3 is 2.48 bits per heavy atom. The monoisotopic (exact) mass is 428 g/mol. The molecule has 3 heterocycles. The Kier molecular flexibility index (Phi) is 8.14. The van der Waals surface area contributed by atoms with Gasteiger partial charge in [-0.05, 0) is 51.6 Å². The lowest BCUT2D eigenvalue weighted by molar-refractivity contribution is -0.125. The number of hydrogen-bond acceptors (Lipinski definition) is 6. The first-order chi connectivity index (χ1) is 15.2. The van der Waals surface area contributed by atoms with E-state index < -0.39 is 0 Å². The molecular weight excluding hydrogens is 388 g/mol. The zero-order valence-corrected chi connectivity index (χ0v) is 19.3. The van der Waals surface area contributed by atoms with Crippen LogP contribution in [0.5, 0.6) is 0 Å². The summed E-state index contributed by atoms with van der Waals surface area (Å²) in [4.78, 5) is 29.0. The first-order valence-corrected chi connectivity index (χ1v) is 12.5. The molecule has 1 amide bonds. The van der Waals surface area contributed by atoms with E-state index in [2.05, 4.69) is 30.0 Å². The molecule has 0 spiro atoms. The lowest BCUT2D eigenvalue weighted by Crippen LogP contribution is -2.51. The van der Waals surface area contributed by atoms with Crippen molar-refractivity contribution in [2.45, 2.75) is 64.3 Å². The Balaban J connectivity index is 1.08. The van der Waals surface area contributed by atoms with Crippen LogP contribution in [0.25, 0.3) is 0 Å². The van der Waals surface area contributed by atoms with Gasteiger partial charge in [0, 0.05) is 69.7 Å². The fourth-order valence-corrected chi connectivity index (χ4v) is 5.39. The quantitative estimate of drug-likeness (QED) is 0.673. The third-order valence-electron chi connectivity index (χ3n) is 7.38. The van der Waals surface area contributed by atoms with Crippen LogP contribution in [0.2, 0.25) is 0 Å². The SMILES string of the molecule is Cc1ccnc(N2CCC(C(=O)NCCCN3CCN(C4CCCCC4)CC3)CC2)n1. The zero-order valence-electron chi connectivity index (χ0n) is 19.3. The number of anilines is 1. The number of amides is 1. The molecule has 0 bridgehead atoms. The van der Waals surface area contributed by atoms with Gasteiger partial charge in [-0.3, -0.25) is 9.69 Å². The molecule has 0 atom stereocenters. The molecule has 1 aromatic heterocycles. The normalized spacial score (nSPS) is 22.5. The summed E-state index contributed by atoms with van der Waals surface area (Å²) >= 11 is 0. The number of hydrogen-bond donors (Lipinski definition) is 1. The van der Waals surface area contributed by atoms with Gasteiger partial charge in [0.15, 0.2) is 0 Å². The Morgan fingerprint density at radius 1 is 1.03 bits per heavy atom. The molecule has 3 fully saturated rings. The van der Waals surface area contributed by atoms with E-state index in [0.29, 0.717) is 0 Å². The van der Waals surface area contributed by atoms with Crippen molar-refractivity contribution in [2.75, 3.05) is 57.3 Å². The molecule has 4 rings (SSSR count). The van der Waals surface area contributed by atoms with Crippen LogP contribution < -0.4 is 10.2 Å². The second-order valence-electron chi connectivity index (χ2n) is 9.57. The fraction of sp³-hybridized carbons (Fsp3) is 0.792. The molecule has 7 nitrogen and oxygen atoms in total. The van der Waals surface area contributed by atoms with Gasteiger partial charge in [-0.1, -0.05) is 19.3 Å². The van der Waals surface area contributed by atoms with Crippen molar-refractivity contribution >= 4 is 11.9 Å². The van der Waals surface area contributed by atoms with Crippen molar-refractivity contribution in [1.29, 1.82) is 0 Å². The molecule has 1 aromatic rings. The number of nitrogens with zero attached hydrogens (tertiary/aromatic N) is 5. The molecule has 2 saturated heterocycles. The lowest BCUT2D eigenvalue weighted by Gasteiger charge is -2.40. The summed E-state index contributed by atoms with van der Waals surface area (Å²) in [6, 6.07) is 2.76. The Bertz CT molecular complexity index is 691. The second-order valence-corrected chi connectivity index (χ2v) is 9.57. The van der Waals surface area contributed by atoms with Crippen LogP contribution in [0.4, 0.5) is 5.95 Å². The minimum Gasteiger partial charge on any atom is -0.356 e. The van der Waals surface area contributed by atoms with Gasteiger partial charge in [-0.15, -0.1) is 0 Å². The van der Waals surface area contributed by atoms with Gasteiger partial charge < -0.3 is 15.1 Å². The Hall–Kier alpha value is -1.73. The van der Waals surface area contributed by atoms with E-state index in [1.807, 2.05) is 19.2 Å². The molecule has 3 aliphatic rings. The number of rotatable bonds is 7. The maximum absolute atomic E-state index is 12.6. The average molecular weight is 429 g/mol. The van der Waals surface area contributed by atoms with E-state index in [4.69, 9.17) is 0 Å². The number of carbonyl (C=O) groups excluding carboxylic acids is 1. The number of carbonyl (C=O) groups is 1. The number of piperidine rings is 1. The summed E-state index contributed by atoms with van der Waals surface area (Å²) in [6.07, 6.45) is 11.7. The largest absolute Gasteiger partial charge is 0.356 e. The van der Waals surface area contributed by atoms with Gasteiger partial charge in [0.05, 0.1) is 0 Å². The minimum atomic E-state index is 0.125. The summed E-state index contributed by atoms with van der Waals surface area (Å²) in [5.41, 5.74) is 0.986. The highest BCUT2D eigenvalue weighted by Crippen LogP contribution is 2.23. The van der Waals surface area contributed by atoms with E-state index in [1.165, 1.54) is 58.3 Å². The average Bonchev–Trinajstić information content (AvgIpc) is 2.83. The smallest absolute Gasteiger partial charge is 0.225 e. The maximum Gasteiger partial charge on any atom is 0.225 e. The summed E-state index contributed by atoms with van der Waals surface area (Å²) in [5.74, 6) is 1.15. The first kappa shape index (κ1) is 22.5. The molecule has 7 heteroatoms. The summed E-state index contributed by atoms with van der Waals surface area (Å²) in [6.45, 7) is 10.4. The van der Waals surface area contributed by atoms with Crippen molar-refractivity contribution in [1.82, 2.24) is 25.1 Å². The van der Waals surface area contributed by atoms with Crippen LogP contribution in [-0.2, 0) is 4.79 Å². The molecule has 2 aliphatic heterocycles. The molecule has 31 heavy (non-hydrogen) atoms. The number of aryl methyl sites for hydroxylation is 1. The summed E-state index contributed by atoms with van der Waals surface area (Å²) in [7, 11) is 0. The van der Waals surface area contributed by atoms with E-state index in [0.717, 1.165) is 63.1 Å². The van der Waals surface area contributed by atoms with E-state index in [-0.39, 0.29) is 11.8 Å². The molecule has 172 valence electrons. The van der Waals surface area contributed by atoms with Crippen molar-refractivity contribution in [3.05, 3.63) is 18.0 Å². The van der Waals surface area contributed by atoms with Crippen molar-refractivity contribution in [3.63, 3.8) is 0 Å². The molecule has 1 N–H and O–H groups in total. The fourth-order valence-electron chi connectivity index (χ4n) is 5.39. The van der Waals surface area contributed by atoms with Crippen LogP contribution in [0.15, 0.2) is 12.3 Å². The van der Waals surface area contributed by atoms with E-state index >= 15 is 0 Å².